The van der Waals surface area contributed by atoms with Gasteiger partial charge in [-0.25, -0.2) is 8.42 Å². The Morgan fingerprint density at radius 2 is 1.83 bits per heavy atom. The number of amides is 2. The van der Waals surface area contributed by atoms with Crippen LogP contribution in [-0.4, -0.2) is 88.0 Å². The lowest BCUT2D eigenvalue weighted by molar-refractivity contribution is -0.134. The molecule has 1 aromatic carbocycles. The smallest absolute Gasteiger partial charge is 0.387 e. The zero-order valence-electron chi connectivity index (χ0n) is 20.0. The summed E-state index contributed by atoms with van der Waals surface area (Å²) in [7, 11) is -4.52. The summed E-state index contributed by atoms with van der Waals surface area (Å²) in [4.78, 5) is 29.8. The molecular weight excluding hydrogens is 484 g/mol. The van der Waals surface area contributed by atoms with Crippen molar-refractivity contribution in [1.82, 2.24) is 14.5 Å². The summed E-state index contributed by atoms with van der Waals surface area (Å²) in [6, 6.07) is 2.83. The maximum atomic E-state index is 13.3. The van der Waals surface area contributed by atoms with Gasteiger partial charge in [-0.3, -0.25) is 14.5 Å². The van der Waals surface area contributed by atoms with E-state index in [2.05, 4.69) is 28.2 Å². The molecule has 0 aliphatic carbocycles. The van der Waals surface area contributed by atoms with Gasteiger partial charge in [-0.2, -0.15) is 13.5 Å². The summed E-state index contributed by atoms with van der Waals surface area (Å²) in [6.45, 7) is 2.84. The van der Waals surface area contributed by atoms with Crippen molar-refractivity contribution in [3.63, 3.8) is 0 Å². The molecule has 0 saturated carbocycles. The van der Waals surface area contributed by atoms with Gasteiger partial charge in [-0.15, -0.1) is 0 Å². The van der Waals surface area contributed by atoms with E-state index in [0.717, 1.165) is 6.07 Å². The van der Waals surface area contributed by atoms with Crippen molar-refractivity contribution in [2.24, 2.45) is 5.73 Å². The number of nitrogens with two attached hydrogens (primary N) is 1. The van der Waals surface area contributed by atoms with Gasteiger partial charge in [-0.1, -0.05) is 6.07 Å². The number of anilines is 1. The molecule has 2 aliphatic heterocycles. The average molecular weight is 518 g/mol. The third kappa shape index (κ3) is 6.46. The number of alkyl halides is 2. The van der Waals surface area contributed by atoms with E-state index in [1.165, 1.54) is 21.9 Å². The number of hydrogen-bond acceptors (Lipinski definition) is 7. The summed E-state index contributed by atoms with van der Waals surface area (Å²) < 4.78 is 60.0. The molecule has 0 aromatic heterocycles. The van der Waals surface area contributed by atoms with E-state index in [1.807, 2.05) is 0 Å². The minimum absolute atomic E-state index is 0.0571. The van der Waals surface area contributed by atoms with Crippen molar-refractivity contribution in [2.75, 3.05) is 44.2 Å². The lowest BCUT2D eigenvalue weighted by atomic mass is 10.1. The lowest BCUT2D eigenvalue weighted by Crippen LogP contribution is -2.57. The van der Waals surface area contributed by atoms with Crippen LogP contribution in [0.1, 0.15) is 33.1 Å². The summed E-state index contributed by atoms with van der Waals surface area (Å²) in [5.74, 6) is -1.44. The van der Waals surface area contributed by atoms with E-state index in [0.29, 0.717) is 45.1 Å². The Morgan fingerprint density at radius 3 is 2.40 bits per heavy atom. The molecule has 1 aromatic rings. The molecule has 1 atom stereocenters. The summed E-state index contributed by atoms with van der Waals surface area (Å²) in [5.41, 5.74) is 5.68. The third-order valence-electron chi connectivity index (χ3n) is 6.26. The number of benzene rings is 1. The van der Waals surface area contributed by atoms with Gasteiger partial charge in [0, 0.05) is 51.7 Å². The predicted molar refractivity (Wildman–Crippen MR) is 126 cm³/mol. The molecule has 196 valence electrons. The van der Waals surface area contributed by atoms with Crippen LogP contribution in [0.5, 0.6) is 5.75 Å². The standard InChI is InChI=1S/C22H33F2N5O5S/c1-15(2)27-10-12-28(13-11-27)21(31)16(14-25)26-35(32,33)18-7-5-6-17(20(18)34-22(23)24)29-9-4-3-8-19(29)30/h5-7,15-16,22,26H,3-4,8-14,25H2,1-2H3/t16-/m0/s1. The molecule has 0 radical (unpaired) electrons. The summed E-state index contributed by atoms with van der Waals surface area (Å²) >= 11 is 0. The van der Waals surface area contributed by atoms with Gasteiger partial charge in [0.05, 0.1) is 5.69 Å². The number of carbonyl (C=O) groups is 2. The SMILES string of the molecule is CC(C)N1CCN(C(=O)[C@H](CN)NS(=O)(=O)c2cccc(N3CCCCC3=O)c2OC(F)F)CC1. The number of halogens is 2. The Bertz CT molecular complexity index is 1020. The van der Waals surface area contributed by atoms with E-state index in [4.69, 9.17) is 5.73 Å². The monoisotopic (exact) mass is 517 g/mol. The number of hydrogen-bond donors (Lipinski definition) is 2. The molecule has 2 saturated heterocycles. The largest absolute Gasteiger partial charge is 0.431 e. The molecule has 2 amide bonds. The van der Waals surface area contributed by atoms with Gasteiger partial charge in [0.15, 0.2) is 5.75 Å². The number of nitrogens with zero attached hydrogens (tertiary/aromatic N) is 3. The van der Waals surface area contributed by atoms with Crippen molar-refractivity contribution in [2.45, 2.75) is 56.7 Å². The molecule has 10 nitrogen and oxygen atoms in total. The maximum absolute atomic E-state index is 13.3. The van der Waals surface area contributed by atoms with E-state index >= 15 is 0 Å². The van der Waals surface area contributed by atoms with Gasteiger partial charge in [0.25, 0.3) is 0 Å². The molecule has 2 fully saturated rings. The Labute approximate surface area is 204 Å². The second-order valence-electron chi connectivity index (χ2n) is 8.85. The van der Waals surface area contributed by atoms with Crippen LogP contribution in [0.3, 0.4) is 0 Å². The number of para-hydroxylation sites is 1. The zero-order valence-corrected chi connectivity index (χ0v) is 20.8. The fourth-order valence-corrected chi connectivity index (χ4v) is 5.68. The minimum Gasteiger partial charge on any atom is -0.431 e. The van der Waals surface area contributed by atoms with Gasteiger partial charge in [-0.05, 0) is 38.8 Å². The molecule has 2 aliphatic rings. The van der Waals surface area contributed by atoms with Gasteiger partial charge < -0.3 is 20.3 Å². The zero-order chi connectivity index (χ0) is 25.8. The average Bonchev–Trinajstić information content (AvgIpc) is 2.82. The van der Waals surface area contributed by atoms with Crippen LogP contribution in [-0.2, 0) is 19.6 Å². The molecule has 3 rings (SSSR count). The molecule has 0 unspecified atom stereocenters. The van der Waals surface area contributed by atoms with E-state index in [9.17, 15) is 26.8 Å². The number of piperazine rings is 1. The van der Waals surface area contributed by atoms with Crippen LogP contribution in [0.25, 0.3) is 0 Å². The second kappa shape index (κ2) is 11.6. The number of sulfonamides is 1. The maximum Gasteiger partial charge on any atom is 0.387 e. The van der Waals surface area contributed by atoms with Crippen molar-refractivity contribution >= 4 is 27.5 Å². The molecule has 0 spiro atoms. The highest BCUT2D eigenvalue weighted by Gasteiger charge is 2.34. The van der Waals surface area contributed by atoms with Crippen LogP contribution in [0.15, 0.2) is 23.1 Å². The quantitative estimate of drug-likeness (QED) is 0.500. The van der Waals surface area contributed by atoms with Crippen molar-refractivity contribution in [1.29, 1.82) is 0 Å². The molecule has 2 heterocycles. The molecule has 3 N–H and O–H groups in total. The first-order chi connectivity index (χ1) is 16.5. The third-order valence-corrected chi connectivity index (χ3v) is 7.75. The van der Waals surface area contributed by atoms with Crippen molar-refractivity contribution in [3.8, 4) is 5.75 Å². The normalized spacial score (nSPS) is 18.9. The number of rotatable bonds is 9. The van der Waals surface area contributed by atoms with Gasteiger partial charge in [0.1, 0.15) is 10.9 Å². The van der Waals surface area contributed by atoms with Crippen LogP contribution in [0.2, 0.25) is 0 Å². The summed E-state index contributed by atoms with van der Waals surface area (Å²) in [6.07, 6.45) is 1.52. The van der Waals surface area contributed by atoms with Crippen LogP contribution >= 0.6 is 0 Å². The first-order valence-electron chi connectivity index (χ1n) is 11.7. The Morgan fingerprint density at radius 1 is 1.14 bits per heavy atom. The second-order valence-corrected chi connectivity index (χ2v) is 10.5. The molecule has 35 heavy (non-hydrogen) atoms. The highest BCUT2D eigenvalue weighted by molar-refractivity contribution is 7.89. The van der Waals surface area contributed by atoms with Crippen LogP contribution < -0.4 is 20.1 Å². The number of carbonyl (C=O) groups excluding carboxylic acids is 2. The Hall–Kier alpha value is -2.35. The minimum atomic E-state index is -4.52. The molecular formula is C22H33F2N5O5S. The van der Waals surface area contributed by atoms with Crippen molar-refractivity contribution in [3.05, 3.63) is 18.2 Å². The Balaban J connectivity index is 1.86. The molecule has 0 bridgehead atoms. The van der Waals surface area contributed by atoms with Crippen molar-refractivity contribution < 1.29 is 31.5 Å². The number of piperidine rings is 1. The van der Waals surface area contributed by atoms with E-state index in [1.54, 1.807) is 0 Å². The predicted octanol–water partition coefficient (Wildman–Crippen LogP) is 0.963. The topological polar surface area (TPSA) is 125 Å². The lowest BCUT2D eigenvalue weighted by Gasteiger charge is -2.38. The van der Waals surface area contributed by atoms with Gasteiger partial charge >= 0.3 is 6.61 Å². The fraction of sp³-hybridized carbons (Fsp3) is 0.636. The summed E-state index contributed by atoms with van der Waals surface area (Å²) in [5, 5.41) is 0. The van der Waals surface area contributed by atoms with Crippen LogP contribution in [0.4, 0.5) is 14.5 Å². The highest BCUT2D eigenvalue weighted by atomic mass is 32.2. The highest BCUT2D eigenvalue weighted by Crippen LogP contribution is 2.38. The Kier molecular flexibility index (Phi) is 9.02. The number of ether oxygens (including phenoxy) is 1. The van der Waals surface area contributed by atoms with Crippen LogP contribution in [0, 0.1) is 0 Å². The van der Waals surface area contributed by atoms with E-state index in [-0.39, 0.29) is 31.1 Å². The van der Waals surface area contributed by atoms with Gasteiger partial charge in [0.2, 0.25) is 21.8 Å². The molecule has 13 heteroatoms. The van der Waals surface area contributed by atoms with E-state index < -0.39 is 39.2 Å². The fourth-order valence-electron chi connectivity index (χ4n) is 4.33. The first-order valence-corrected chi connectivity index (χ1v) is 13.2. The number of nitrogens with one attached hydrogen (secondary N) is 1. The first kappa shape index (κ1) is 27.2.